The first-order valence-electron chi connectivity index (χ1n) is 7.90. The maximum Gasteiger partial charge on any atom is 0.405 e. The monoisotopic (exact) mass is 414 g/mol. The van der Waals surface area contributed by atoms with Crippen molar-refractivity contribution in [2.24, 2.45) is 0 Å². The molecular formula is C15H22ClF3N4O2S. The summed E-state index contributed by atoms with van der Waals surface area (Å²) in [5.74, 6) is -0.730. The maximum atomic E-state index is 13.3. The van der Waals surface area contributed by atoms with Crippen LogP contribution >= 0.6 is 23.7 Å². The van der Waals surface area contributed by atoms with E-state index in [1.807, 2.05) is 0 Å². The van der Waals surface area contributed by atoms with Crippen LogP contribution in [0.2, 0.25) is 0 Å². The first-order valence-corrected chi connectivity index (χ1v) is 8.72. The summed E-state index contributed by atoms with van der Waals surface area (Å²) in [5, 5.41) is 8.00. The van der Waals surface area contributed by atoms with Crippen molar-refractivity contribution in [3.63, 3.8) is 0 Å². The van der Waals surface area contributed by atoms with Crippen LogP contribution in [0.3, 0.4) is 0 Å². The van der Waals surface area contributed by atoms with Gasteiger partial charge in [-0.05, 0) is 12.1 Å². The molecule has 3 N–H and O–H groups in total. The van der Waals surface area contributed by atoms with Crippen molar-refractivity contribution in [2.45, 2.75) is 25.7 Å². The molecular weight excluding hydrogens is 393 g/mol. The number of nitrogens with zero attached hydrogens (tertiary/aromatic N) is 1. The maximum absolute atomic E-state index is 13.3. The first kappa shape index (κ1) is 22.7. The largest absolute Gasteiger partial charge is 0.405 e. The summed E-state index contributed by atoms with van der Waals surface area (Å²) in [4.78, 5) is 25.4. The number of piperazine rings is 1. The van der Waals surface area contributed by atoms with Gasteiger partial charge in [0, 0.05) is 44.5 Å². The van der Waals surface area contributed by atoms with Gasteiger partial charge in [0.1, 0.15) is 6.04 Å². The second kappa shape index (κ2) is 10.1. The number of carbonyl (C=O) groups excluding carboxylic acids is 2. The van der Waals surface area contributed by atoms with Crippen molar-refractivity contribution in [1.82, 2.24) is 20.9 Å². The number of amides is 2. The molecule has 0 saturated carbocycles. The number of nitrogens with one attached hydrogen (secondary N) is 3. The minimum absolute atomic E-state index is 0. The molecule has 26 heavy (non-hydrogen) atoms. The summed E-state index contributed by atoms with van der Waals surface area (Å²) in [6, 6.07) is 1.52. The van der Waals surface area contributed by atoms with E-state index in [1.54, 1.807) is 12.1 Å². The summed E-state index contributed by atoms with van der Waals surface area (Å²) in [5.41, 5.74) is 0. The number of thiophene rings is 1. The summed E-state index contributed by atoms with van der Waals surface area (Å²) < 4.78 is 39.9. The van der Waals surface area contributed by atoms with Crippen molar-refractivity contribution in [3.8, 4) is 0 Å². The molecule has 0 aliphatic carbocycles. The van der Waals surface area contributed by atoms with Gasteiger partial charge in [0.2, 0.25) is 5.91 Å². The molecule has 6 nitrogen and oxygen atoms in total. The van der Waals surface area contributed by atoms with Crippen molar-refractivity contribution in [1.29, 1.82) is 0 Å². The summed E-state index contributed by atoms with van der Waals surface area (Å²) >= 11 is 1.15. The van der Waals surface area contributed by atoms with Gasteiger partial charge in [-0.25, -0.2) is 0 Å². The van der Waals surface area contributed by atoms with E-state index < -0.39 is 24.7 Å². The second-order valence-electron chi connectivity index (χ2n) is 5.73. The Balaban J connectivity index is 0.00000338. The Morgan fingerprint density at radius 2 is 1.92 bits per heavy atom. The van der Waals surface area contributed by atoms with Gasteiger partial charge in [-0.2, -0.15) is 13.2 Å². The van der Waals surface area contributed by atoms with E-state index >= 15 is 0 Å². The Labute approximate surface area is 159 Å². The minimum Gasteiger partial charge on any atom is -0.351 e. The van der Waals surface area contributed by atoms with Crippen LogP contribution in [0.4, 0.5) is 13.2 Å². The number of halogens is 4. The Morgan fingerprint density at radius 1 is 1.27 bits per heavy atom. The quantitative estimate of drug-likeness (QED) is 0.657. The highest BCUT2D eigenvalue weighted by molar-refractivity contribution is 7.14. The van der Waals surface area contributed by atoms with E-state index in [2.05, 4.69) is 16.0 Å². The third kappa shape index (κ3) is 6.75. The molecule has 148 valence electrons. The summed E-state index contributed by atoms with van der Waals surface area (Å²) in [6.45, 7) is 2.77. The van der Waals surface area contributed by atoms with Gasteiger partial charge in [0.25, 0.3) is 5.91 Å². The molecule has 11 heteroatoms. The summed E-state index contributed by atoms with van der Waals surface area (Å²) in [6.07, 6.45) is -4.41. The van der Waals surface area contributed by atoms with Crippen LogP contribution in [0.25, 0.3) is 0 Å². The molecule has 1 unspecified atom stereocenters. The van der Waals surface area contributed by atoms with Crippen molar-refractivity contribution in [2.75, 3.05) is 32.7 Å². The highest BCUT2D eigenvalue weighted by atomic mass is 35.5. The average molecular weight is 415 g/mol. The standard InChI is InChI=1S/C15H21F3N4O2S.ClH/c1-10(23)20-8-11-2-3-12(25-11)14(24)21-9-13(15(16,17)18)22-6-4-19-5-7-22;/h2-3,13,19H,4-9H2,1H3,(H,20,23)(H,21,24);1H. The molecule has 1 saturated heterocycles. The zero-order chi connectivity index (χ0) is 18.4. The Bertz CT molecular complexity index is 606. The lowest BCUT2D eigenvalue weighted by Gasteiger charge is -2.35. The van der Waals surface area contributed by atoms with E-state index in [4.69, 9.17) is 0 Å². The van der Waals surface area contributed by atoms with Crippen LogP contribution in [0.1, 0.15) is 21.5 Å². The zero-order valence-electron chi connectivity index (χ0n) is 14.2. The van der Waals surface area contributed by atoms with E-state index in [9.17, 15) is 22.8 Å². The molecule has 1 aliphatic rings. The van der Waals surface area contributed by atoms with Crippen LogP contribution in [-0.4, -0.2) is 61.7 Å². The minimum atomic E-state index is -4.41. The van der Waals surface area contributed by atoms with E-state index in [1.165, 1.54) is 11.8 Å². The van der Waals surface area contributed by atoms with Crippen molar-refractivity contribution < 1.29 is 22.8 Å². The number of hydrogen-bond donors (Lipinski definition) is 3. The molecule has 0 spiro atoms. The third-order valence-electron chi connectivity index (χ3n) is 3.82. The number of rotatable bonds is 6. The Kier molecular flexibility index (Phi) is 8.81. The molecule has 1 aromatic heterocycles. The third-order valence-corrected chi connectivity index (χ3v) is 4.91. The van der Waals surface area contributed by atoms with Crippen LogP contribution in [0.5, 0.6) is 0 Å². The highest BCUT2D eigenvalue weighted by Crippen LogP contribution is 2.25. The highest BCUT2D eigenvalue weighted by Gasteiger charge is 2.43. The van der Waals surface area contributed by atoms with E-state index in [0.717, 1.165) is 16.2 Å². The van der Waals surface area contributed by atoms with Crippen LogP contribution in [-0.2, 0) is 11.3 Å². The Hall–Kier alpha value is -1.36. The normalized spacial score (nSPS) is 16.5. The molecule has 1 aliphatic heterocycles. The van der Waals surface area contributed by atoms with Crippen LogP contribution < -0.4 is 16.0 Å². The molecule has 2 heterocycles. The van der Waals surface area contributed by atoms with Gasteiger partial charge in [0.05, 0.1) is 11.4 Å². The van der Waals surface area contributed by atoms with Crippen molar-refractivity contribution in [3.05, 3.63) is 21.9 Å². The number of hydrogen-bond acceptors (Lipinski definition) is 5. The van der Waals surface area contributed by atoms with Gasteiger partial charge in [0.15, 0.2) is 0 Å². The molecule has 1 atom stereocenters. The van der Waals surface area contributed by atoms with E-state index in [0.29, 0.717) is 37.6 Å². The molecule has 1 fully saturated rings. The van der Waals surface area contributed by atoms with Gasteiger partial charge in [-0.1, -0.05) is 0 Å². The predicted molar refractivity (Wildman–Crippen MR) is 95.7 cm³/mol. The lowest BCUT2D eigenvalue weighted by atomic mass is 10.2. The smallest absolute Gasteiger partial charge is 0.351 e. The fraction of sp³-hybridized carbons (Fsp3) is 0.600. The van der Waals surface area contributed by atoms with Gasteiger partial charge < -0.3 is 16.0 Å². The second-order valence-corrected chi connectivity index (χ2v) is 6.90. The lowest BCUT2D eigenvalue weighted by molar-refractivity contribution is -0.183. The zero-order valence-corrected chi connectivity index (χ0v) is 15.8. The Morgan fingerprint density at radius 3 is 2.50 bits per heavy atom. The molecule has 0 aromatic carbocycles. The molecule has 1 aromatic rings. The van der Waals surface area contributed by atoms with Gasteiger partial charge in [-0.15, -0.1) is 23.7 Å². The van der Waals surface area contributed by atoms with Crippen LogP contribution in [0, 0.1) is 0 Å². The molecule has 2 amide bonds. The van der Waals surface area contributed by atoms with Crippen molar-refractivity contribution >= 4 is 35.6 Å². The van der Waals surface area contributed by atoms with Gasteiger partial charge >= 0.3 is 6.18 Å². The molecule has 0 bridgehead atoms. The van der Waals surface area contributed by atoms with Crippen LogP contribution in [0.15, 0.2) is 12.1 Å². The fourth-order valence-corrected chi connectivity index (χ4v) is 3.39. The molecule has 0 radical (unpaired) electrons. The number of carbonyl (C=O) groups is 2. The molecule has 2 rings (SSSR count). The predicted octanol–water partition coefficient (Wildman–Crippen LogP) is 1.37. The van der Waals surface area contributed by atoms with Gasteiger partial charge in [-0.3, -0.25) is 14.5 Å². The average Bonchev–Trinajstić information content (AvgIpc) is 3.02. The SMILES string of the molecule is CC(=O)NCc1ccc(C(=O)NCC(N2CCNCC2)C(F)(F)F)s1.Cl. The fourth-order valence-electron chi connectivity index (χ4n) is 2.53. The lowest BCUT2D eigenvalue weighted by Crippen LogP contribution is -2.57. The summed E-state index contributed by atoms with van der Waals surface area (Å²) in [7, 11) is 0. The number of alkyl halides is 3. The van der Waals surface area contributed by atoms with E-state index in [-0.39, 0.29) is 18.3 Å². The topological polar surface area (TPSA) is 73.5 Å². The first-order chi connectivity index (χ1) is 11.8.